The van der Waals surface area contributed by atoms with Gasteiger partial charge in [-0.25, -0.2) is 14.6 Å². The Morgan fingerprint density at radius 2 is 1.56 bits per heavy atom. The van der Waals surface area contributed by atoms with Crippen LogP contribution in [0.5, 0.6) is 0 Å². The number of halogens is 8. The van der Waals surface area contributed by atoms with E-state index in [1.807, 2.05) is 23.7 Å². The number of anilines is 1. The predicted molar refractivity (Wildman–Crippen MR) is 105 cm³/mol. The Hall–Kier alpha value is -2.82. The van der Waals surface area contributed by atoms with Gasteiger partial charge < -0.3 is 25.5 Å². The summed E-state index contributed by atoms with van der Waals surface area (Å²) >= 11 is 6.99. The molecule has 0 unspecified atom stereocenters. The van der Waals surface area contributed by atoms with Crippen LogP contribution in [0.4, 0.5) is 32.3 Å². The van der Waals surface area contributed by atoms with Crippen LogP contribution in [0, 0.1) is 0 Å². The minimum Gasteiger partial charge on any atom is -0.475 e. The van der Waals surface area contributed by atoms with Gasteiger partial charge in [0.15, 0.2) is 5.95 Å². The van der Waals surface area contributed by atoms with Crippen molar-refractivity contribution in [2.45, 2.75) is 12.4 Å². The third-order valence-corrected chi connectivity index (χ3v) is 5.36. The van der Waals surface area contributed by atoms with Crippen molar-refractivity contribution in [2.24, 2.45) is 7.05 Å². The van der Waals surface area contributed by atoms with Crippen molar-refractivity contribution in [3.8, 4) is 11.4 Å². The smallest absolute Gasteiger partial charge is 0.475 e. The van der Waals surface area contributed by atoms with Gasteiger partial charge in [-0.2, -0.15) is 26.3 Å². The van der Waals surface area contributed by atoms with Crippen LogP contribution in [-0.2, 0) is 16.6 Å². The summed E-state index contributed by atoms with van der Waals surface area (Å²) in [5, 5.41) is 14.2. The van der Waals surface area contributed by atoms with Crippen LogP contribution in [-0.4, -0.2) is 54.0 Å². The van der Waals surface area contributed by atoms with E-state index >= 15 is 0 Å². The number of H-pyrrole nitrogens is 1. The molecule has 0 saturated carbocycles. The first-order valence-electron chi connectivity index (χ1n) is 7.68. The molecular formula is C15H11Br2F6N5O4. The van der Waals surface area contributed by atoms with Crippen LogP contribution in [0.2, 0.25) is 0 Å². The number of hydrogen-bond donors (Lipinski definition) is 4. The van der Waals surface area contributed by atoms with Crippen LogP contribution >= 0.6 is 31.9 Å². The summed E-state index contributed by atoms with van der Waals surface area (Å²) in [6, 6.07) is 3.85. The minimum absolute atomic E-state index is 0.395. The average molecular weight is 599 g/mol. The summed E-state index contributed by atoms with van der Waals surface area (Å²) in [5.74, 6) is -5.12. The number of carboxylic acids is 2. The molecule has 3 rings (SSSR count). The van der Waals surface area contributed by atoms with E-state index in [1.165, 1.54) is 0 Å². The molecule has 32 heavy (non-hydrogen) atoms. The lowest BCUT2D eigenvalue weighted by molar-refractivity contribution is -0.193. The number of carboxylic acid groups (broad SMARTS) is 2. The Labute approximate surface area is 190 Å². The number of carbonyl (C=O) groups is 2. The monoisotopic (exact) mass is 597 g/mol. The van der Waals surface area contributed by atoms with Crippen LogP contribution in [0.1, 0.15) is 0 Å². The van der Waals surface area contributed by atoms with Gasteiger partial charge in [0.1, 0.15) is 11.2 Å². The second-order valence-electron chi connectivity index (χ2n) is 5.51. The maximum absolute atomic E-state index is 10.6. The van der Waals surface area contributed by atoms with Crippen molar-refractivity contribution in [2.75, 3.05) is 5.73 Å². The number of nitrogen functional groups attached to an aromatic ring is 1. The molecule has 0 amide bonds. The summed E-state index contributed by atoms with van der Waals surface area (Å²) in [5.41, 5.74) is 9.11. The number of rotatable bonds is 1. The molecule has 0 aromatic carbocycles. The Bertz CT molecular complexity index is 1100. The van der Waals surface area contributed by atoms with Gasteiger partial charge in [-0.3, -0.25) is 4.98 Å². The first-order chi connectivity index (χ1) is 14.5. The van der Waals surface area contributed by atoms with E-state index in [1.54, 1.807) is 6.20 Å². The first kappa shape index (κ1) is 27.2. The zero-order valence-electron chi connectivity index (χ0n) is 15.4. The molecular weight excluding hydrogens is 588 g/mol. The minimum atomic E-state index is -5.08. The molecule has 176 valence electrons. The third kappa shape index (κ3) is 7.11. The molecule has 0 aliphatic carbocycles. The number of nitrogens with zero attached hydrogens (tertiary/aromatic N) is 3. The highest BCUT2D eigenvalue weighted by molar-refractivity contribution is 9.13. The first-order valence-corrected chi connectivity index (χ1v) is 9.26. The van der Waals surface area contributed by atoms with Gasteiger partial charge in [0.25, 0.3) is 0 Å². The van der Waals surface area contributed by atoms with Crippen LogP contribution in [0.25, 0.3) is 22.4 Å². The van der Waals surface area contributed by atoms with Gasteiger partial charge in [0, 0.05) is 13.2 Å². The number of aromatic nitrogens is 4. The summed E-state index contributed by atoms with van der Waals surface area (Å²) in [7, 11) is 1.96. The molecule has 3 aromatic heterocycles. The summed E-state index contributed by atoms with van der Waals surface area (Å²) in [6.07, 6.45) is -8.43. The molecule has 0 aliphatic rings. The zero-order chi connectivity index (χ0) is 25.0. The fourth-order valence-corrected chi connectivity index (χ4v) is 2.70. The lowest BCUT2D eigenvalue weighted by atomic mass is 10.2. The van der Waals surface area contributed by atoms with Gasteiger partial charge in [0.05, 0.1) is 20.3 Å². The van der Waals surface area contributed by atoms with Gasteiger partial charge >= 0.3 is 24.3 Å². The van der Waals surface area contributed by atoms with Gasteiger partial charge in [-0.05, 0) is 44.0 Å². The summed E-state index contributed by atoms with van der Waals surface area (Å²) in [6.45, 7) is 0. The molecule has 0 saturated heterocycles. The Balaban J connectivity index is 0.000000305. The number of nitrogens with one attached hydrogen (secondary N) is 1. The second-order valence-corrected chi connectivity index (χ2v) is 7.12. The SMILES string of the molecule is Cn1c(-c2nccc3[nH]c(N)nc23)cc(Br)c1Br.O=C(O)C(F)(F)F.O=C(O)C(F)(F)F. The third-order valence-electron chi connectivity index (χ3n) is 3.26. The summed E-state index contributed by atoms with van der Waals surface area (Å²) in [4.78, 5) is 29.5. The number of pyridine rings is 1. The van der Waals surface area contributed by atoms with Crippen LogP contribution < -0.4 is 5.73 Å². The maximum Gasteiger partial charge on any atom is 0.490 e. The van der Waals surface area contributed by atoms with Crippen LogP contribution in [0.3, 0.4) is 0 Å². The number of imidazole rings is 1. The highest BCUT2D eigenvalue weighted by atomic mass is 79.9. The van der Waals surface area contributed by atoms with E-state index in [-0.39, 0.29) is 0 Å². The van der Waals surface area contributed by atoms with Gasteiger partial charge in [0.2, 0.25) is 0 Å². The highest BCUT2D eigenvalue weighted by Gasteiger charge is 2.38. The number of fused-ring (bicyclic) bond motifs is 1. The van der Waals surface area contributed by atoms with Gasteiger partial charge in [-0.1, -0.05) is 0 Å². The molecule has 0 aliphatic heterocycles. The van der Waals surface area contributed by atoms with Crippen molar-refractivity contribution >= 4 is 60.8 Å². The molecule has 9 nitrogen and oxygen atoms in total. The largest absolute Gasteiger partial charge is 0.490 e. The Morgan fingerprint density at radius 3 is 1.94 bits per heavy atom. The number of alkyl halides is 6. The number of aliphatic carboxylic acids is 2. The number of nitrogens with two attached hydrogens (primary N) is 1. The van der Waals surface area contributed by atoms with Crippen molar-refractivity contribution in [1.82, 2.24) is 19.5 Å². The fourth-order valence-electron chi connectivity index (χ4n) is 1.91. The molecule has 3 aromatic rings. The summed E-state index contributed by atoms with van der Waals surface area (Å²) < 4.78 is 67.4. The lowest BCUT2D eigenvalue weighted by Crippen LogP contribution is -2.21. The molecule has 17 heteroatoms. The van der Waals surface area contributed by atoms with Crippen molar-refractivity contribution < 1.29 is 46.1 Å². The molecule has 0 fully saturated rings. The average Bonchev–Trinajstić information content (AvgIpc) is 3.15. The molecule has 0 spiro atoms. The predicted octanol–water partition coefficient (Wildman–Crippen LogP) is 4.34. The molecule has 0 bridgehead atoms. The Morgan fingerprint density at radius 1 is 1.09 bits per heavy atom. The second kappa shape index (κ2) is 10.2. The molecule has 3 heterocycles. The number of hydrogen-bond acceptors (Lipinski definition) is 5. The van der Waals surface area contributed by atoms with E-state index in [4.69, 9.17) is 25.5 Å². The quantitative estimate of drug-likeness (QED) is 0.305. The van der Waals surface area contributed by atoms with E-state index in [9.17, 15) is 26.3 Å². The normalized spacial score (nSPS) is 11.3. The topological polar surface area (TPSA) is 147 Å². The standard InChI is InChI=1S/C11H9Br2N5.2C2HF3O2/c1-18-7(4-5(12)10(18)13)9-8-6(2-3-15-9)16-11(14)17-8;2*3-2(4,5)1(6)7/h2-4H,1H3,(H3,14,16,17);2*(H,6,7). The van der Waals surface area contributed by atoms with E-state index in [0.717, 1.165) is 31.5 Å². The van der Waals surface area contributed by atoms with E-state index in [0.29, 0.717) is 5.95 Å². The van der Waals surface area contributed by atoms with E-state index < -0.39 is 24.3 Å². The molecule has 5 N–H and O–H groups in total. The highest BCUT2D eigenvalue weighted by Crippen LogP contribution is 2.33. The molecule has 0 atom stereocenters. The van der Waals surface area contributed by atoms with Gasteiger partial charge in [-0.15, -0.1) is 0 Å². The van der Waals surface area contributed by atoms with Crippen molar-refractivity contribution in [1.29, 1.82) is 0 Å². The molecule has 0 radical (unpaired) electrons. The zero-order valence-corrected chi connectivity index (χ0v) is 18.6. The maximum atomic E-state index is 10.6. The van der Waals surface area contributed by atoms with Crippen molar-refractivity contribution in [3.05, 3.63) is 27.4 Å². The van der Waals surface area contributed by atoms with E-state index in [2.05, 4.69) is 46.8 Å². The lowest BCUT2D eigenvalue weighted by Gasteiger charge is -2.03. The van der Waals surface area contributed by atoms with Crippen molar-refractivity contribution in [3.63, 3.8) is 0 Å². The number of aromatic amines is 1. The van der Waals surface area contributed by atoms with Crippen LogP contribution in [0.15, 0.2) is 27.4 Å². The fraction of sp³-hybridized carbons (Fsp3) is 0.200. The Kier molecular flexibility index (Phi) is 8.67.